The molecule has 1 aliphatic carbocycles. The molecule has 1 saturated carbocycles. The summed E-state index contributed by atoms with van der Waals surface area (Å²) in [7, 11) is 1.32. The number of esters is 1. The van der Waals surface area contributed by atoms with E-state index in [-0.39, 0.29) is 5.78 Å². The average Bonchev–Trinajstić information content (AvgIpc) is 2.59. The van der Waals surface area contributed by atoms with Crippen molar-refractivity contribution in [3.63, 3.8) is 0 Å². The van der Waals surface area contributed by atoms with Crippen molar-refractivity contribution in [2.75, 3.05) is 7.11 Å². The van der Waals surface area contributed by atoms with Crippen molar-refractivity contribution in [2.45, 2.75) is 32.6 Å². The molecule has 3 heteroatoms. The zero-order valence-corrected chi connectivity index (χ0v) is 8.76. The smallest absolute Gasteiger partial charge is 0.323 e. The quantitative estimate of drug-likeness (QED) is 0.393. The van der Waals surface area contributed by atoms with Crippen LogP contribution in [-0.4, -0.2) is 18.9 Å². The van der Waals surface area contributed by atoms with Crippen LogP contribution < -0.4 is 0 Å². The molecule has 0 N–H and O–H groups in total. The highest BCUT2D eigenvalue weighted by Gasteiger charge is 2.50. The van der Waals surface area contributed by atoms with E-state index in [2.05, 4.69) is 6.58 Å². The summed E-state index contributed by atoms with van der Waals surface area (Å²) in [6, 6.07) is 0. The van der Waals surface area contributed by atoms with Gasteiger partial charge in [0.2, 0.25) is 0 Å². The number of hydrogen-bond donors (Lipinski definition) is 0. The number of rotatable bonds is 3. The SMILES string of the molecule is C=C1CCC[C@@]1(C(=O)CC)C(=O)OC. The minimum atomic E-state index is -1.02. The molecule has 1 rings (SSSR count). The zero-order valence-electron chi connectivity index (χ0n) is 8.76. The molecule has 0 heterocycles. The Bertz CT molecular complexity index is 262. The van der Waals surface area contributed by atoms with Gasteiger partial charge < -0.3 is 4.74 Å². The molecule has 0 aromatic heterocycles. The van der Waals surface area contributed by atoms with Gasteiger partial charge in [-0.2, -0.15) is 0 Å². The van der Waals surface area contributed by atoms with Crippen LogP contribution in [0.2, 0.25) is 0 Å². The van der Waals surface area contributed by atoms with Crippen molar-refractivity contribution in [2.24, 2.45) is 5.41 Å². The molecule has 1 fully saturated rings. The second-order valence-electron chi connectivity index (χ2n) is 3.63. The standard InChI is InChI=1S/C11H16O3/c1-4-9(12)11(10(13)14-3)7-5-6-8(11)2/h2,4-7H2,1,3H3/t11-/m1/s1. The van der Waals surface area contributed by atoms with Crippen molar-refractivity contribution in [3.8, 4) is 0 Å². The molecular weight excluding hydrogens is 180 g/mol. The van der Waals surface area contributed by atoms with E-state index in [1.165, 1.54) is 7.11 Å². The lowest BCUT2D eigenvalue weighted by Crippen LogP contribution is -2.38. The Kier molecular flexibility index (Phi) is 3.09. The van der Waals surface area contributed by atoms with E-state index >= 15 is 0 Å². The first-order valence-corrected chi connectivity index (χ1v) is 4.89. The van der Waals surface area contributed by atoms with Crippen LogP contribution in [0.1, 0.15) is 32.6 Å². The summed E-state index contributed by atoms with van der Waals surface area (Å²) >= 11 is 0. The number of Topliss-reactive ketones (excluding diaryl/α,β-unsaturated/α-hetero) is 1. The zero-order chi connectivity index (χ0) is 10.8. The largest absolute Gasteiger partial charge is 0.468 e. The molecule has 0 aliphatic heterocycles. The van der Waals surface area contributed by atoms with Gasteiger partial charge in [-0.05, 0) is 19.3 Å². The van der Waals surface area contributed by atoms with Crippen molar-refractivity contribution in [3.05, 3.63) is 12.2 Å². The summed E-state index contributed by atoms with van der Waals surface area (Å²) in [5, 5.41) is 0. The van der Waals surface area contributed by atoms with E-state index in [4.69, 9.17) is 4.74 Å². The van der Waals surface area contributed by atoms with Crippen LogP contribution >= 0.6 is 0 Å². The van der Waals surface area contributed by atoms with Crippen LogP contribution in [0, 0.1) is 5.41 Å². The summed E-state index contributed by atoms with van der Waals surface area (Å²) in [6.07, 6.45) is 2.51. The third kappa shape index (κ3) is 1.37. The van der Waals surface area contributed by atoms with Gasteiger partial charge in [0.15, 0.2) is 5.78 Å². The van der Waals surface area contributed by atoms with Crippen molar-refractivity contribution in [1.82, 2.24) is 0 Å². The van der Waals surface area contributed by atoms with Crippen molar-refractivity contribution in [1.29, 1.82) is 0 Å². The molecule has 0 aromatic carbocycles. The third-order valence-corrected chi connectivity index (χ3v) is 2.96. The Balaban J connectivity index is 3.08. The van der Waals surface area contributed by atoms with E-state index in [0.29, 0.717) is 12.8 Å². The molecule has 78 valence electrons. The molecule has 0 spiro atoms. The molecule has 1 atom stereocenters. The van der Waals surface area contributed by atoms with E-state index < -0.39 is 11.4 Å². The fourth-order valence-electron chi connectivity index (χ4n) is 2.13. The van der Waals surface area contributed by atoms with Crippen LogP contribution in [0.25, 0.3) is 0 Å². The van der Waals surface area contributed by atoms with E-state index in [1.807, 2.05) is 0 Å². The van der Waals surface area contributed by atoms with Crippen LogP contribution in [0.5, 0.6) is 0 Å². The van der Waals surface area contributed by atoms with Crippen LogP contribution in [0.4, 0.5) is 0 Å². The number of carbonyl (C=O) groups is 2. The van der Waals surface area contributed by atoms with Gasteiger partial charge in [-0.1, -0.05) is 19.1 Å². The number of carbonyl (C=O) groups excluding carboxylic acids is 2. The minimum Gasteiger partial charge on any atom is -0.468 e. The molecule has 14 heavy (non-hydrogen) atoms. The molecular formula is C11H16O3. The van der Waals surface area contributed by atoms with Gasteiger partial charge in [0.25, 0.3) is 0 Å². The van der Waals surface area contributed by atoms with Crippen molar-refractivity contribution < 1.29 is 14.3 Å². The molecule has 0 radical (unpaired) electrons. The van der Waals surface area contributed by atoms with Crippen LogP contribution in [0.3, 0.4) is 0 Å². The Morgan fingerprint density at radius 2 is 2.21 bits per heavy atom. The lowest BCUT2D eigenvalue weighted by molar-refractivity contribution is -0.154. The van der Waals surface area contributed by atoms with E-state index in [1.54, 1.807) is 6.92 Å². The van der Waals surface area contributed by atoms with Gasteiger partial charge in [-0.25, -0.2) is 0 Å². The van der Waals surface area contributed by atoms with Gasteiger partial charge in [0.05, 0.1) is 7.11 Å². The van der Waals surface area contributed by atoms with Crippen LogP contribution in [0.15, 0.2) is 12.2 Å². The fraction of sp³-hybridized carbons (Fsp3) is 0.636. The normalized spacial score (nSPS) is 26.3. The lowest BCUT2D eigenvalue weighted by Gasteiger charge is -2.25. The molecule has 3 nitrogen and oxygen atoms in total. The maximum Gasteiger partial charge on any atom is 0.323 e. The molecule has 1 aliphatic rings. The fourth-order valence-corrected chi connectivity index (χ4v) is 2.13. The first-order valence-electron chi connectivity index (χ1n) is 4.89. The Hall–Kier alpha value is -1.12. The third-order valence-electron chi connectivity index (χ3n) is 2.96. The van der Waals surface area contributed by atoms with Gasteiger partial charge in [0.1, 0.15) is 5.41 Å². The highest BCUT2D eigenvalue weighted by atomic mass is 16.5. The lowest BCUT2D eigenvalue weighted by atomic mass is 9.78. The number of methoxy groups -OCH3 is 1. The van der Waals surface area contributed by atoms with Gasteiger partial charge in [0, 0.05) is 6.42 Å². The maximum absolute atomic E-state index is 11.8. The average molecular weight is 196 g/mol. The summed E-state index contributed by atoms with van der Waals surface area (Å²) in [4.78, 5) is 23.4. The minimum absolute atomic E-state index is 0.0631. The molecule has 0 amide bonds. The summed E-state index contributed by atoms with van der Waals surface area (Å²) in [5.74, 6) is -0.501. The second kappa shape index (κ2) is 3.95. The highest BCUT2D eigenvalue weighted by Crippen LogP contribution is 2.44. The monoisotopic (exact) mass is 196 g/mol. The Labute approximate surface area is 84.1 Å². The predicted molar refractivity (Wildman–Crippen MR) is 52.7 cm³/mol. The van der Waals surface area contributed by atoms with Gasteiger partial charge in [-0.3, -0.25) is 9.59 Å². The second-order valence-corrected chi connectivity index (χ2v) is 3.63. The first kappa shape index (κ1) is 11.0. The van der Waals surface area contributed by atoms with Gasteiger partial charge >= 0.3 is 5.97 Å². The summed E-state index contributed by atoms with van der Waals surface area (Å²) in [6.45, 7) is 5.59. The van der Waals surface area contributed by atoms with E-state index in [9.17, 15) is 9.59 Å². The molecule has 0 aromatic rings. The first-order chi connectivity index (χ1) is 6.59. The number of ether oxygens (including phenoxy) is 1. The molecule has 0 unspecified atom stereocenters. The summed E-state index contributed by atoms with van der Waals surface area (Å²) < 4.78 is 4.71. The van der Waals surface area contributed by atoms with Gasteiger partial charge in [-0.15, -0.1) is 0 Å². The Morgan fingerprint density at radius 3 is 2.57 bits per heavy atom. The molecule has 0 bridgehead atoms. The molecule has 0 saturated heterocycles. The van der Waals surface area contributed by atoms with Crippen LogP contribution in [-0.2, 0) is 14.3 Å². The highest BCUT2D eigenvalue weighted by molar-refractivity contribution is 6.07. The topological polar surface area (TPSA) is 43.4 Å². The van der Waals surface area contributed by atoms with Crippen molar-refractivity contribution >= 4 is 11.8 Å². The van der Waals surface area contributed by atoms with E-state index in [0.717, 1.165) is 18.4 Å². The Morgan fingerprint density at radius 1 is 1.57 bits per heavy atom. The number of ketones is 1. The maximum atomic E-state index is 11.8. The predicted octanol–water partition coefficient (Wildman–Crippen LogP) is 1.86. The number of hydrogen-bond acceptors (Lipinski definition) is 3. The summed E-state index contributed by atoms with van der Waals surface area (Å²) in [5.41, 5.74) is -0.306.